The molecule has 2 amide bonds. The summed E-state index contributed by atoms with van der Waals surface area (Å²) in [7, 11) is 0. The predicted octanol–water partition coefficient (Wildman–Crippen LogP) is 4.56. The molecule has 156 valence electrons. The number of hydrogen-bond acceptors (Lipinski definition) is 3. The minimum absolute atomic E-state index is 0.0517. The molecule has 31 heavy (non-hydrogen) atoms. The topological polar surface area (TPSA) is 58.6 Å². The van der Waals surface area contributed by atoms with Crippen molar-refractivity contribution in [2.45, 2.75) is 6.54 Å². The fourth-order valence-corrected chi connectivity index (χ4v) is 3.26. The third-order valence-corrected chi connectivity index (χ3v) is 4.96. The summed E-state index contributed by atoms with van der Waals surface area (Å²) in [5, 5.41) is 3.43. The SMILES string of the molecule is O=C(CN1C(=O)/C(=C\c2ccc(F)cc2)Oc2ccccc21)NCc1ccc(Cl)cc1. The third kappa shape index (κ3) is 4.92. The van der Waals surface area contributed by atoms with E-state index in [9.17, 15) is 14.0 Å². The van der Waals surface area contributed by atoms with Crippen LogP contribution in [0.25, 0.3) is 6.08 Å². The maximum Gasteiger partial charge on any atom is 0.294 e. The third-order valence-electron chi connectivity index (χ3n) is 4.70. The molecule has 1 N–H and O–H groups in total. The summed E-state index contributed by atoms with van der Waals surface area (Å²) in [5.41, 5.74) is 2.00. The van der Waals surface area contributed by atoms with Crippen molar-refractivity contribution in [3.05, 3.63) is 101 Å². The molecular weight excluding hydrogens is 419 g/mol. The monoisotopic (exact) mass is 436 g/mol. The summed E-state index contributed by atoms with van der Waals surface area (Å²) < 4.78 is 18.9. The Hall–Kier alpha value is -3.64. The maximum atomic E-state index is 13.2. The highest BCUT2D eigenvalue weighted by molar-refractivity contribution is 6.30. The van der Waals surface area contributed by atoms with Crippen molar-refractivity contribution in [1.29, 1.82) is 0 Å². The Morgan fingerprint density at radius 1 is 1.03 bits per heavy atom. The van der Waals surface area contributed by atoms with Crippen molar-refractivity contribution in [1.82, 2.24) is 5.32 Å². The molecule has 0 aliphatic carbocycles. The predicted molar refractivity (Wildman–Crippen MR) is 117 cm³/mol. The molecule has 0 spiro atoms. The number of hydrogen-bond donors (Lipinski definition) is 1. The van der Waals surface area contributed by atoms with E-state index in [2.05, 4.69) is 5.32 Å². The number of halogens is 2. The van der Waals surface area contributed by atoms with Crippen LogP contribution < -0.4 is 15.0 Å². The van der Waals surface area contributed by atoms with E-state index in [1.54, 1.807) is 48.5 Å². The van der Waals surface area contributed by atoms with Gasteiger partial charge in [-0.2, -0.15) is 0 Å². The van der Waals surface area contributed by atoms with E-state index in [4.69, 9.17) is 16.3 Å². The second kappa shape index (κ2) is 9.02. The minimum atomic E-state index is -0.454. The van der Waals surface area contributed by atoms with Crippen LogP contribution in [0.3, 0.4) is 0 Å². The molecule has 1 heterocycles. The first-order chi connectivity index (χ1) is 15.0. The number of benzene rings is 3. The van der Waals surface area contributed by atoms with Gasteiger partial charge in [-0.25, -0.2) is 4.39 Å². The van der Waals surface area contributed by atoms with Gasteiger partial charge in [0.05, 0.1) is 5.69 Å². The average molecular weight is 437 g/mol. The Kier molecular flexibility index (Phi) is 6.00. The lowest BCUT2D eigenvalue weighted by Crippen LogP contribution is -2.44. The van der Waals surface area contributed by atoms with E-state index in [1.165, 1.54) is 23.1 Å². The van der Waals surface area contributed by atoms with Crippen molar-refractivity contribution in [3.8, 4) is 5.75 Å². The smallest absolute Gasteiger partial charge is 0.294 e. The van der Waals surface area contributed by atoms with Gasteiger partial charge in [0.15, 0.2) is 11.5 Å². The van der Waals surface area contributed by atoms with Crippen LogP contribution in [0.2, 0.25) is 5.02 Å². The second-order valence-electron chi connectivity index (χ2n) is 6.92. The molecule has 0 bridgehead atoms. The molecule has 0 atom stereocenters. The van der Waals surface area contributed by atoms with Gasteiger partial charge in [0.2, 0.25) is 5.91 Å². The van der Waals surface area contributed by atoms with Gasteiger partial charge in [-0.05, 0) is 53.6 Å². The van der Waals surface area contributed by atoms with Crippen molar-refractivity contribution in [2.75, 3.05) is 11.4 Å². The first-order valence-corrected chi connectivity index (χ1v) is 9.94. The molecule has 0 radical (unpaired) electrons. The van der Waals surface area contributed by atoms with E-state index >= 15 is 0 Å². The number of nitrogens with zero attached hydrogens (tertiary/aromatic N) is 1. The Balaban J connectivity index is 1.53. The fraction of sp³-hybridized carbons (Fsp3) is 0.0833. The zero-order valence-electron chi connectivity index (χ0n) is 16.3. The highest BCUT2D eigenvalue weighted by Crippen LogP contribution is 2.35. The Bertz CT molecular complexity index is 1140. The summed E-state index contributed by atoms with van der Waals surface area (Å²) in [6, 6.07) is 19.8. The molecule has 3 aromatic carbocycles. The first-order valence-electron chi connectivity index (χ1n) is 9.57. The number of fused-ring (bicyclic) bond motifs is 1. The van der Waals surface area contributed by atoms with Gasteiger partial charge in [-0.1, -0.05) is 48.0 Å². The molecule has 0 fully saturated rings. The molecule has 1 aliphatic rings. The largest absolute Gasteiger partial charge is 0.449 e. The van der Waals surface area contributed by atoms with E-state index in [-0.39, 0.29) is 24.0 Å². The zero-order valence-corrected chi connectivity index (χ0v) is 17.1. The average Bonchev–Trinajstić information content (AvgIpc) is 2.77. The van der Waals surface area contributed by atoms with Gasteiger partial charge in [-0.15, -0.1) is 0 Å². The molecule has 5 nitrogen and oxygen atoms in total. The van der Waals surface area contributed by atoms with E-state index in [0.717, 1.165) is 5.56 Å². The number of carbonyl (C=O) groups excluding carboxylic acids is 2. The summed E-state index contributed by atoms with van der Waals surface area (Å²) in [4.78, 5) is 27.0. The van der Waals surface area contributed by atoms with Crippen LogP contribution in [-0.2, 0) is 16.1 Å². The fourth-order valence-electron chi connectivity index (χ4n) is 3.13. The lowest BCUT2D eigenvalue weighted by molar-refractivity contribution is -0.123. The number of para-hydroxylation sites is 2. The van der Waals surface area contributed by atoms with Crippen molar-refractivity contribution >= 4 is 35.2 Å². The molecule has 0 unspecified atom stereocenters. The van der Waals surface area contributed by atoms with Crippen LogP contribution in [0.5, 0.6) is 5.75 Å². The Morgan fingerprint density at radius 3 is 2.48 bits per heavy atom. The van der Waals surface area contributed by atoms with Crippen LogP contribution in [0.15, 0.2) is 78.6 Å². The minimum Gasteiger partial charge on any atom is -0.449 e. The molecule has 3 aromatic rings. The second-order valence-corrected chi connectivity index (χ2v) is 7.36. The quantitative estimate of drug-likeness (QED) is 0.596. The van der Waals surface area contributed by atoms with E-state index in [0.29, 0.717) is 28.6 Å². The van der Waals surface area contributed by atoms with Crippen LogP contribution in [0.1, 0.15) is 11.1 Å². The van der Waals surface area contributed by atoms with Gasteiger partial charge < -0.3 is 10.1 Å². The molecular formula is C24H18ClFN2O3. The Morgan fingerprint density at radius 2 is 1.74 bits per heavy atom. The van der Waals surface area contributed by atoms with Gasteiger partial charge in [-0.3, -0.25) is 14.5 Å². The van der Waals surface area contributed by atoms with Crippen LogP contribution in [0, 0.1) is 5.82 Å². The van der Waals surface area contributed by atoms with Crippen molar-refractivity contribution in [3.63, 3.8) is 0 Å². The summed E-state index contributed by atoms with van der Waals surface area (Å²) in [6.45, 7) is 0.141. The number of rotatable bonds is 5. The lowest BCUT2D eigenvalue weighted by atomic mass is 10.1. The highest BCUT2D eigenvalue weighted by atomic mass is 35.5. The summed E-state index contributed by atoms with van der Waals surface area (Å²) in [5.74, 6) is -0.634. The molecule has 0 aromatic heterocycles. The number of anilines is 1. The lowest BCUT2D eigenvalue weighted by Gasteiger charge is -2.30. The molecule has 0 saturated carbocycles. The number of amides is 2. The standard InChI is InChI=1S/C24H18ClFN2O3/c25-18-9-5-17(6-10-18)14-27-23(29)15-28-20-3-1-2-4-21(20)31-22(24(28)30)13-16-7-11-19(26)12-8-16/h1-13H,14-15H2,(H,27,29)/b22-13+. The highest BCUT2D eigenvalue weighted by Gasteiger charge is 2.31. The van der Waals surface area contributed by atoms with Crippen molar-refractivity contribution < 1.29 is 18.7 Å². The van der Waals surface area contributed by atoms with Gasteiger partial charge in [0, 0.05) is 11.6 Å². The number of carbonyl (C=O) groups is 2. The van der Waals surface area contributed by atoms with Crippen molar-refractivity contribution in [2.24, 2.45) is 0 Å². The normalized spacial score (nSPS) is 14.2. The maximum absolute atomic E-state index is 13.2. The van der Waals surface area contributed by atoms with Crippen LogP contribution in [0.4, 0.5) is 10.1 Å². The van der Waals surface area contributed by atoms with E-state index < -0.39 is 5.91 Å². The molecule has 4 rings (SSSR count). The number of nitrogens with one attached hydrogen (secondary N) is 1. The van der Waals surface area contributed by atoms with Crippen LogP contribution >= 0.6 is 11.6 Å². The zero-order chi connectivity index (χ0) is 21.8. The Labute approximate surface area is 183 Å². The van der Waals surface area contributed by atoms with Gasteiger partial charge in [0.25, 0.3) is 5.91 Å². The first kappa shape index (κ1) is 20.6. The van der Waals surface area contributed by atoms with Gasteiger partial charge in [0.1, 0.15) is 12.4 Å². The molecule has 7 heteroatoms. The number of ether oxygens (including phenoxy) is 1. The van der Waals surface area contributed by atoms with E-state index in [1.807, 2.05) is 12.1 Å². The summed E-state index contributed by atoms with van der Waals surface area (Å²) >= 11 is 5.88. The molecule has 1 aliphatic heterocycles. The summed E-state index contributed by atoms with van der Waals surface area (Å²) in [6.07, 6.45) is 1.52. The van der Waals surface area contributed by atoms with Gasteiger partial charge >= 0.3 is 0 Å². The van der Waals surface area contributed by atoms with Crippen LogP contribution in [-0.4, -0.2) is 18.4 Å². The molecule has 0 saturated heterocycles.